The summed E-state index contributed by atoms with van der Waals surface area (Å²) in [6.07, 6.45) is 1.54. The summed E-state index contributed by atoms with van der Waals surface area (Å²) in [6.45, 7) is 2.21. The Morgan fingerprint density at radius 1 is 1.00 bits per heavy atom. The van der Waals surface area contributed by atoms with Gasteiger partial charge in [0, 0.05) is 17.8 Å². The molecule has 0 saturated heterocycles. The molecular formula is C19H16N2O3. The Bertz CT molecular complexity index is 852. The van der Waals surface area contributed by atoms with Crippen LogP contribution in [0.2, 0.25) is 0 Å². The topological polar surface area (TPSA) is 53.5 Å². The fraction of sp³-hybridized carbons (Fsp3) is 0.158. The second-order valence-electron chi connectivity index (χ2n) is 5.45. The van der Waals surface area contributed by atoms with E-state index in [1.165, 1.54) is 0 Å². The number of rotatable bonds is 4. The molecule has 4 rings (SSSR count). The molecule has 1 aliphatic rings. The van der Waals surface area contributed by atoms with Crippen molar-refractivity contribution in [3.8, 4) is 28.6 Å². The second kappa shape index (κ2) is 6.20. The molecule has 5 heteroatoms. The van der Waals surface area contributed by atoms with E-state index in [1.807, 2.05) is 61.5 Å². The normalized spacial score (nSPS) is 13.5. The molecule has 0 fully saturated rings. The molecule has 0 radical (unpaired) electrons. The van der Waals surface area contributed by atoms with Gasteiger partial charge in [-0.3, -0.25) is 0 Å². The maximum Gasteiger partial charge on any atom is 0.231 e. The van der Waals surface area contributed by atoms with Gasteiger partial charge in [-0.15, -0.1) is 0 Å². The predicted molar refractivity (Wildman–Crippen MR) is 89.1 cm³/mol. The third-order valence-corrected chi connectivity index (χ3v) is 3.78. The van der Waals surface area contributed by atoms with Crippen LogP contribution in [0.15, 0.2) is 60.8 Å². The van der Waals surface area contributed by atoms with E-state index < -0.39 is 0 Å². The minimum absolute atomic E-state index is 0.212. The summed E-state index contributed by atoms with van der Waals surface area (Å²) >= 11 is 0. The highest BCUT2D eigenvalue weighted by Crippen LogP contribution is 2.36. The maximum absolute atomic E-state index is 5.99. The monoisotopic (exact) mass is 320 g/mol. The highest BCUT2D eigenvalue weighted by molar-refractivity contribution is 5.54. The largest absolute Gasteiger partial charge is 0.484 e. The van der Waals surface area contributed by atoms with Gasteiger partial charge in [0.1, 0.15) is 11.9 Å². The Hall–Kier alpha value is -3.08. The lowest BCUT2D eigenvalue weighted by Crippen LogP contribution is -2.06. The van der Waals surface area contributed by atoms with Gasteiger partial charge in [-0.2, -0.15) is 0 Å². The van der Waals surface area contributed by atoms with Crippen molar-refractivity contribution in [2.45, 2.75) is 13.0 Å². The molecule has 2 heterocycles. The van der Waals surface area contributed by atoms with E-state index >= 15 is 0 Å². The molecule has 1 atom stereocenters. The molecule has 120 valence electrons. The van der Waals surface area contributed by atoms with Crippen LogP contribution in [-0.4, -0.2) is 16.8 Å². The van der Waals surface area contributed by atoms with Crippen molar-refractivity contribution < 1.29 is 14.2 Å². The summed E-state index contributed by atoms with van der Waals surface area (Å²) < 4.78 is 16.7. The number of hydrogen-bond donors (Lipinski definition) is 0. The molecular weight excluding hydrogens is 304 g/mol. The molecule has 0 amide bonds. The minimum Gasteiger partial charge on any atom is -0.484 e. The smallest absolute Gasteiger partial charge is 0.231 e. The molecule has 24 heavy (non-hydrogen) atoms. The van der Waals surface area contributed by atoms with Crippen molar-refractivity contribution in [2.75, 3.05) is 6.79 Å². The van der Waals surface area contributed by atoms with Crippen LogP contribution >= 0.6 is 0 Å². The zero-order valence-electron chi connectivity index (χ0n) is 13.2. The minimum atomic E-state index is -0.212. The molecule has 5 nitrogen and oxygen atoms in total. The highest BCUT2D eigenvalue weighted by atomic mass is 16.7. The molecule has 1 aliphatic heterocycles. The van der Waals surface area contributed by atoms with Crippen molar-refractivity contribution in [2.24, 2.45) is 0 Å². The van der Waals surface area contributed by atoms with Crippen LogP contribution in [0.25, 0.3) is 11.4 Å². The van der Waals surface area contributed by atoms with E-state index in [-0.39, 0.29) is 12.9 Å². The third kappa shape index (κ3) is 2.88. The number of ether oxygens (including phenoxy) is 3. The van der Waals surface area contributed by atoms with Crippen molar-refractivity contribution in [3.05, 3.63) is 66.5 Å². The summed E-state index contributed by atoms with van der Waals surface area (Å²) in [5.74, 6) is 2.84. The van der Waals surface area contributed by atoms with Crippen molar-refractivity contribution in [3.63, 3.8) is 0 Å². The van der Waals surface area contributed by atoms with Crippen LogP contribution in [-0.2, 0) is 0 Å². The number of aromatic nitrogens is 2. The molecule has 0 bridgehead atoms. The van der Waals surface area contributed by atoms with Gasteiger partial charge in [0.25, 0.3) is 0 Å². The predicted octanol–water partition coefficient (Wildman–Crippen LogP) is 4.01. The Balaban J connectivity index is 1.55. The van der Waals surface area contributed by atoms with E-state index in [0.717, 1.165) is 17.0 Å². The number of nitrogens with zero attached hydrogens (tertiary/aromatic N) is 2. The molecule has 1 aromatic heterocycles. The Kier molecular flexibility index (Phi) is 3.75. The first kappa shape index (κ1) is 14.5. The van der Waals surface area contributed by atoms with Crippen LogP contribution < -0.4 is 14.2 Å². The standard InChI is InChI=1S/C19H16N2O3/c1-13(24-15-7-8-17-18(11-15)23-12-22-17)16-9-10-20-19(21-16)14-5-3-2-4-6-14/h2-11,13H,12H2,1H3. The molecule has 0 saturated carbocycles. The second-order valence-corrected chi connectivity index (χ2v) is 5.45. The first-order valence-corrected chi connectivity index (χ1v) is 7.74. The first-order chi connectivity index (χ1) is 11.8. The van der Waals surface area contributed by atoms with E-state index in [0.29, 0.717) is 17.3 Å². The van der Waals surface area contributed by atoms with E-state index in [2.05, 4.69) is 9.97 Å². The van der Waals surface area contributed by atoms with Gasteiger partial charge in [0.2, 0.25) is 6.79 Å². The summed E-state index contributed by atoms with van der Waals surface area (Å²) in [5.41, 5.74) is 1.80. The van der Waals surface area contributed by atoms with Crippen LogP contribution in [0.3, 0.4) is 0 Å². The van der Waals surface area contributed by atoms with Crippen molar-refractivity contribution in [1.82, 2.24) is 9.97 Å². The average molecular weight is 320 g/mol. The summed E-state index contributed by atoms with van der Waals surface area (Å²) in [6, 6.07) is 17.3. The van der Waals surface area contributed by atoms with Crippen LogP contribution in [0.1, 0.15) is 18.7 Å². The Morgan fingerprint density at radius 3 is 2.71 bits per heavy atom. The van der Waals surface area contributed by atoms with Crippen molar-refractivity contribution in [1.29, 1.82) is 0 Å². The summed E-state index contributed by atoms with van der Waals surface area (Å²) in [4.78, 5) is 8.96. The van der Waals surface area contributed by atoms with E-state index in [1.54, 1.807) is 6.20 Å². The van der Waals surface area contributed by atoms with Crippen molar-refractivity contribution >= 4 is 0 Å². The molecule has 3 aromatic rings. The highest BCUT2D eigenvalue weighted by Gasteiger charge is 2.16. The summed E-state index contributed by atoms with van der Waals surface area (Å²) in [5, 5.41) is 0. The molecule has 0 spiro atoms. The SMILES string of the molecule is CC(Oc1ccc2c(c1)OCO2)c1ccnc(-c2ccccc2)n1. The summed E-state index contributed by atoms with van der Waals surface area (Å²) in [7, 11) is 0. The Morgan fingerprint density at radius 2 is 1.83 bits per heavy atom. The fourth-order valence-corrected chi connectivity index (χ4v) is 2.54. The van der Waals surface area contributed by atoms with Gasteiger partial charge >= 0.3 is 0 Å². The van der Waals surface area contributed by atoms with Crippen LogP contribution in [0.4, 0.5) is 0 Å². The lowest BCUT2D eigenvalue weighted by atomic mass is 10.2. The fourth-order valence-electron chi connectivity index (χ4n) is 2.54. The van der Waals surface area contributed by atoms with Crippen LogP contribution in [0, 0.1) is 0 Å². The molecule has 0 aliphatic carbocycles. The molecule has 0 N–H and O–H groups in total. The van der Waals surface area contributed by atoms with Gasteiger partial charge in [-0.25, -0.2) is 9.97 Å². The Labute approximate surface area is 139 Å². The number of fused-ring (bicyclic) bond motifs is 1. The number of benzene rings is 2. The lowest BCUT2D eigenvalue weighted by Gasteiger charge is -2.15. The third-order valence-electron chi connectivity index (χ3n) is 3.78. The van der Waals surface area contributed by atoms with Gasteiger partial charge < -0.3 is 14.2 Å². The molecule has 2 aromatic carbocycles. The van der Waals surface area contributed by atoms with Gasteiger partial charge in [-0.1, -0.05) is 30.3 Å². The lowest BCUT2D eigenvalue weighted by molar-refractivity contribution is 0.173. The van der Waals surface area contributed by atoms with Gasteiger partial charge in [0.05, 0.1) is 5.69 Å². The van der Waals surface area contributed by atoms with E-state index in [9.17, 15) is 0 Å². The van der Waals surface area contributed by atoms with Crippen LogP contribution in [0.5, 0.6) is 17.2 Å². The first-order valence-electron chi connectivity index (χ1n) is 7.74. The zero-order valence-corrected chi connectivity index (χ0v) is 13.2. The van der Waals surface area contributed by atoms with Gasteiger partial charge in [0.15, 0.2) is 17.3 Å². The zero-order chi connectivity index (χ0) is 16.4. The maximum atomic E-state index is 5.99. The van der Waals surface area contributed by atoms with Gasteiger partial charge in [-0.05, 0) is 25.1 Å². The molecule has 1 unspecified atom stereocenters. The quantitative estimate of drug-likeness (QED) is 0.727. The van der Waals surface area contributed by atoms with E-state index in [4.69, 9.17) is 14.2 Å². The average Bonchev–Trinajstić information content (AvgIpc) is 3.10. The number of hydrogen-bond acceptors (Lipinski definition) is 5.